The van der Waals surface area contributed by atoms with Crippen molar-refractivity contribution >= 4 is 22.0 Å². The maximum absolute atomic E-state index is 11.6. The van der Waals surface area contributed by atoms with Crippen LogP contribution in [0, 0.1) is 0 Å². The molecule has 0 radical (unpaired) electrons. The van der Waals surface area contributed by atoms with Crippen molar-refractivity contribution in [1.29, 1.82) is 0 Å². The number of nitrogens with zero attached hydrogens (tertiary/aromatic N) is 2. The maximum Gasteiger partial charge on any atom is 0.414 e. The summed E-state index contributed by atoms with van der Waals surface area (Å²) in [6, 6.07) is 0.566. The Bertz CT molecular complexity index is 431. The first-order valence-corrected chi connectivity index (χ1v) is 8.44. The Morgan fingerprint density at radius 1 is 1.05 bits per heavy atom. The second-order valence-electron chi connectivity index (χ2n) is 4.70. The molecule has 0 aromatic carbocycles. The van der Waals surface area contributed by atoms with Gasteiger partial charge in [-0.3, -0.25) is 4.90 Å². The second kappa shape index (κ2) is 8.96. The molecule has 0 amide bonds. The van der Waals surface area contributed by atoms with Gasteiger partial charge >= 0.3 is 11.9 Å². The van der Waals surface area contributed by atoms with E-state index in [9.17, 15) is 8.42 Å². The molecule has 21 heavy (non-hydrogen) atoms. The highest BCUT2D eigenvalue weighted by atomic mass is 32.2. The van der Waals surface area contributed by atoms with E-state index in [1.54, 1.807) is 11.2 Å². The minimum Gasteiger partial charge on any atom is -0.473 e. The van der Waals surface area contributed by atoms with E-state index in [0.717, 1.165) is 19.5 Å². The molecule has 1 saturated heterocycles. The standard InChI is InChI=1S/C10H22N2O2S.C2H2O4/c1-4-10(3)11-6-8-12(9-7-11)15(13,14)5-2;3-1(4)2(5)6/h10H,4-9H2,1-3H3;(H,3,4)(H,5,6). The molecule has 1 atom stereocenters. The molecule has 124 valence electrons. The molecule has 2 N–H and O–H groups in total. The average molecular weight is 324 g/mol. The third-order valence-electron chi connectivity index (χ3n) is 3.43. The predicted octanol–water partition coefficient (Wildman–Crippen LogP) is -0.0922. The van der Waals surface area contributed by atoms with Crippen LogP contribution in [0.5, 0.6) is 0 Å². The van der Waals surface area contributed by atoms with Gasteiger partial charge in [-0.25, -0.2) is 18.0 Å². The van der Waals surface area contributed by atoms with Crippen molar-refractivity contribution in [3.63, 3.8) is 0 Å². The number of rotatable bonds is 4. The summed E-state index contributed by atoms with van der Waals surface area (Å²) in [5.41, 5.74) is 0. The Morgan fingerprint density at radius 3 is 1.76 bits per heavy atom. The monoisotopic (exact) mass is 324 g/mol. The van der Waals surface area contributed by atoms with Gasteiger partial charge in [0.25, 0.3) is 0 Å². The van der Waals surface area contributed by atoms with Crippen molar-refractivity contribution in [3.8, 4) is 0 Å². The smallest absolute Gasteiger partial charge is 0.414 e. The lowest BCUT2D eigenvalue weighted by atomic mass is 10.2. The van der Waals surface area contributed by atoms with E-state index < -0.39 is 22.0 Å². The zero-order valence-corrected chi connectivity index (χ0v) is 13.5. The van der Waals surface area contributed by atoms with Gasteiger partial charge in [0, 0.05) is 32.2 Å². The topological polar surface area (TPSA) is 115 Å². The fraction of sp³-hybridized carbons (Fsp3) is 0.833. The van der Waals surface area contributed by atoms with E-state index in [-0.39, 0.29) is 5.75 Å². The van der Waals surface area contributed by atoms with Gasteiger partial charge in [-0.15, -0.1) is 0 Å². The number of sulfonamides is 1. The van der Waals surface area contributed by atoms with Crippen LogP contribution >= 0.6 is 0 Å². The zero-order valence-electron chi connectivity index (χ0n) is 12.7. The molecular weight excluding hydrogens is 300 g/mol. The molecule has 1 heterocycles. The fourth-order valence-corrected chi connectivity index (χ4v) is 2.95. The molecule has 0 aromatic rings. The normalized spacial score (nSPS) is 18.4. The molecule has 1 aliphatic heterocycles. The molecule has 0 aliphatic carbocycles. The molecule has 0 aromatic heterocycles. The average Bonchev–Trinajstić information content (AvgIpc) is 2.47. The highest BCUT2D eigenvalue weighted by Crippen LogP contribution is 2.11. The SMILES string of the molecule is CCC(C)N1CCN(S(=O)(=O)CC)CC1.O=C(O)C(=O)O. The number of hydrogen-bond acceptors (Lipinski definition) is 5. The first kappa shape index (κ1) is 19.8. The van der Waals surface area contributed by atoms with Gasteiger partial charge in [-0.05, 0) is 20.3 Å². The Kier molecular flexibility index (Phi) is 8.45. The van der Waals surface area contributed by atoms with E-state index >= 15 is 0 Å². The first-order valence-electron chi connectivity index (χ1n) is 6.83. The Labute approximate surface area is 125 Å². The summed E-state index contributed by atoms with van der Waals surface area (Å²) >= 11 is 0. The van der Waals surface area contributed by atoms with Gasteiger partial charge in [0.1, 0.15) is 0 Å². The summed E-state index contributed by atoms with van der Waals surface area (Å²) in [6.45, 7) is 9.11. The summed E-state index contributed by atoms with van der Waals surface area (Å²) in [7, 11) is -2.97. The number of hydrogen-bond donors (Lipinski definition) is 2. The van der Waals surface area contributed by atoms with Crippen LogP contribution in [0.2, 0.25) is 0 Å². The number of carboxylic acid groups (broad SMARTS) is 2. The van der Waals surface area contributed by atoms with Gasteiger partial charge in [0.15, 0.2) is 0 Å². The molecule has 0 bridgehead atoms. The number of carbonyl (C=O) groups is 2. The van der Waals surface area contributed by atoms with Gasteiger partial charge in [-0.1, -0.05) is 6.92 Å². The maximum atomic E-state index is 11.6. The predicted molar refractivity (Wildman–Crippen MR) is 77.6 cm³/mol. The lowest BCUT2D eigenvalue weighted by molar-refractivity contribution is -0.159. The molecule has 1 fully saturated rings. The van der Waals surface area contributed by atoms with Crippen molar-refractivity contribution in [1.82, 2.24) is 9.21 Å². The summed E-state index contributed by atoms with van der Waals surface area (Å²) in [5, 5.41) is 14.8. The van der Waals surface area contributed by atoms with Crippen LogP contribution < -0.4 is 0 Å². The molecule has 8 nitrogen and oxygen atoms in total. The molecule has 0 spiro atoms. The Hall–Kier alpha value is -1.19. The highest BCUT2D eigenvalue weighted by Gasteiger charge is 2.26. The van der Waals surface area contributed by atoms with Crippen LogP contribution in [-0.2, 0) is 19.6 Å². The largest absolute Gasteiger partial charge is 0.473 e. The minimum atomic E-state index is -2.97. The summed E-state index contributed by atoms with van der Waals surface area (Å²) in [4.78, 5) is 20.6. The molecule has 1 aliphatic rings. The Morgan fingerprint density at radius 2 is 1.48 bits per heavy atom. The van der Waals surface area contributed by atoms with Crippen LogP contribution in [0.3, 0.4) is 0 Å². The van der Waals surface area contributed by atoms with E-state index in [4.69, 9.17) is 19.8 Å². The van der Waals surface area contributed by atoms with Crippen molar-refractivity contribution in [2.45, 2.75) is 33.2 Å². The highest BCUT2D eigenvalue weighted by molar-refractivity contribution is 7.89. The quantitative estimate of drug-likeness (QED) is 0.694. The van der Waals surface area contributed by atoms with Crippen LogP contribution in [0.1, 0.15) is 27.2 Å². The lowest BCUT2D eigenvalue weighted by Gasteiger charge is -2.37. The molecular formula is C12H24N2O6S. The number of carboxylic acids is 2. The van der Waals surface area contributed by atoms with E-state index in [1.165, 1.54) is 0 Å². The third-order valence-corrected chi connectivity index (χ3v) is 5.31. The van der Waals surface area contributed by atoms with Gasteiger partial charge in [0.05, 0.1) is 5.75 Å². The third kappa shape index (κ3) is 6.87. The van der Waals surface area contributed by atoms with E-state index in [2.05, 4.69) is 18.7 Å². The van der Waals surface area contributed by atoms with Crippen molar-refractivity contribution < 1.29 is 28.2 Å². The van der Waals surface area contributed by atoms with Crippen LogP contribution in [0.4, 0.5) is 0 Å². The Balaban J connectivity index is 0.000000567. The van der Waals surface area contributed by atoms with Crippen LogP contribution in [0.15, 0.2) is 0 Å². The molecule has 9 heteroatoms. The molecule has 0 saturated carbocycles. The van der Waals surface area contributed by atoms with Crippen molar-refractivity contribution in [3.05, 3.63) is 0 Å². The minimum absolute atomic E-state index is 0.219. The van der Waals surface area contributed by atoms with Gasteiger partial charge in [-0.2, -0.15) is 4.31 Å². The van der Waals surface area contributed by atoms with Crippen LogP contribution in [-0.4, -0.2) is 77.7 Å². The fourth-order valence-electron chi connectivity index (χ4n) is 1.86. The van der Waals surface area contributed by atoms with Crippen LogP contribution in [0.25, 0.3) is 0 Å². The second-order valence-corrected chi connectivity index (χ2v) is 6.96. The van der Waals surface area contributed by atoms with Gasteiger partial charge < -0.3 is 10.2 Å². The summed E-state index contributed by atoms with van der Waals surface area (Å²) in [5.74, 6) is -3.43. The van der Waals surface area contributed by atoms with Gasteiger partial charge in [0.2, 0.25) is 10.0 Å². The van der Waals surface area contributed by atoms with E-state index in [1.807, 2.05) is 0 Å². The number of aliphatic carboxylic acids is 2. The molecule has 1 rings (SSSR count). The first-order chi connectivity index (χ1) is 9.65. The summed E-state index contributed by atoms with van der Waals surface area (Å²) in [6.07, 6.45) is 1.13. The number of piperazine rings is 1. The van der Waals surface area contributed by atoms with Crippen molar-refractivity contribution in [2.24, 2.45) is 0 Å². The summed E-state index contributed by atoms with van der Waals surface area (Å²) < 4.78 is 24.8. The van der Waals surface area contributed by atoms with Crippen molar-refractivity contribution in [2.75, 3.05) is 31.9 Å². The molecule has 1 unspecified atom stereocenters. The zero-order chi connectivity index (χ0) is 16.6. The van der Waals surface area contributed by atoms with E-state index in [0.29, 0.717) is 19.1 Å². The lowest BCUT2D eigenvalue weighted by Crippen LogP contribution is -2.51.